The molecule has 3 aromatic rings. The van der Waals surface area contributed by atoms with Crippen LogP contribution in [0.25, 0.3) is 16.9 Å². The molecule has 0 radical (unpaired) electrons. The van der Waals surface area contributed by atoms with Gasteiger partial charge in [-0.05, 0) is 6.92 Å². The first-order valence-corrected chi connectivity index (χ1v) is 6.54. The first-order chi connectivity index (χ1) is 10.1. The molecule has 0 atom stereocenters. The molecule has 2 heterocycles. The summed E-state index contributed by atoms with van der Waals surface area (Å²) in [4.78, 5) is 23.3. The topological polar surface area (TPSA) is 76.6 Å². The van der Waals surface area contributed by atoms with E-state index >= 15 is 0 Å². The number of aromatic nitrogens is 3. The van der Waals surface area contributed by atoms with Crippen LogP contribution in [0.5, 0.6) is 0 Å². The lowest BCUT2D eigenvalue weighted by atomic mass is 10.2. The van der Waals surface area contributed by atoms with Gasteiger partial charge in [0.1, 0.15) is 11.3 Å². The van der Waals surface area contributed by atoms with Crippen LogP contribution in [0.2, 0.25) is 0 Å². The number of aryl methyl sites for hydroxylation is 1. The van der Waals surface area contributed by atoms with Crippen molar-refractivity contribution in [1.29, 1.82) is 0 Å². The summed E-state index contributed by atoms with van der Waals surface area (Å²) in [6.07, 6.45) is 0. The van der Waals surface area contributed by atoms with Gasteiger partial charge in [-0.2, -0.15) is 9.61 Å². The summed E-state index contributed by atoms with van der Waals surface area (Å²) in [5.41, 5.74) is 1.50. The maximum Gasteiger partial charge on any atom is 0.352 e. The monoisotopic (exact) mass is 283 g/mol. The predicted molar refractivity (Wildman–Crippen MR) is 77.5 cm³/mol. The van der Waals surface area contributed by atoms with Crippen LogP contribution in [-0.4, -0.2) is 25.3 Å². The Bertz CT molecular complexity index is 878. The minimum atomic E-state index is -1.13. The van der Waals surface area contributed by atoms with Crippen LogP contribution in [0.4, 0.5) is 0 Å². The quantitative estimate of drug-likeness (QED) is 0.796. The van der Waals surface area contributed by atoms with E-state index in [0.717, 1.165) is 11.6 Å². The zero-order chi connectivity index (χ0) is 15.0. The number of carbonyl (C=O) groups is 1. The summed E-state index contributed by atoms with van der Waals surface area (Å²) in [7, 11) is 0. The van der Waals surface area contributed by atoms with Gasteiger partial charge in [0.05, 0.1) is 5.69 Å². The SMILES string of the molecule is CCn1c(C(=O)O)cc(=O)n2nc(-c3ccccc3)cc12. The molecule has 0 saturated carbocycles. The number of nitrogens with zero attached hydrogens (tertiary/aromatic N) is 3. The summed E-state index contributed by atoms with van der Waals surface area (Å²) in [5, 5.41) is 13.5. The van der Waals surface area contributed by atoms with E-state index in [9.17, 15) is 14.7 Å². The van der Waals surface area contributed by atoms with Gasteiger partial charge >= 0.3 is 5.97 Å². The standard InChI is InChI=1S/C15H13N3O3/c1-2-17-12(15(20)21)9-14(19)18-13(17)8-11(16-18)10-6-4-3-5-7-10/h3-9H,2H2,1H3,(H,20,21). The average Bonchev–Trinajstić information content (AvgIpc) is 2.93. The Morgan fingerprint density at radius 1 is 1.24 bits per heavy atom. The number of fused-ring (bicyclic) bond motifs is 1. The fourth-order valence-corrected chi connectivity index (χ4v) is 2.36. The minimum absolute atomic E-state index is 0.0329. The molecule has 6 heteroatoms. The fourth-order valence-electron chi connectivity index (χ4n) is 2.36. The number of hydrogen-bond acceptors (Lipinski definition) is 3. The van der Waals surface area contributed by atoms with Gasteiger partial charge in [-0.1, -0.05) is 30.3 Å². The molecule has 1 N–H and O–H groups in total. The van der Waals surface area contributed by atoms with Gasteiger partial charge in [0.25, 0.3) is 5.56 Å². The van der Waals surface area contributed by atoms with E-state index in [4.69, 9.17) is 0 Å². The van der Waals surface area contributed by atoms with E-state index < -0.39 is 11.5 Å². The number of carboxylic acid groups (broad SMARTS) is 1. The van der Waals surface area contributed by atoms with Crippen molar-refractivity contribution < 1.29 is 9.90 Å². The smallest absolute Gasteiger partial charge is 0.352 e. The van der Waals surface area contributed by atoms with Crippen LogP contribution in [0, 0.1) is 0 Å². The largest absolute Gasteiger partial charge is 0.477 e. The van der Waals surface area contributed by atoms with Crippen molar-refractivity contribution >= 4 is 11.6 Å². The summed E-state index contributed by atoms with van der Waals surface area (Å²) < 4.78 is 2.79. The van der Waals surface area contributed by atoms with Crippen LogP contribution in [0.3, 0.4) is 0 Å². The fraction of sp³-hybridized carbons (Fsp3) is 0.133. The van der Waals surface area contributed by atoms with Crippen LogP contribution >= 0.6 is 0 Å². The molecule has 0 aliphatic carbocycles. The molecule has 3 rings (SSSR count). The van der Waals surface area contributed by atoms with Gasteiger partial charge in [-0.3, -0.25) is 4.79 Å². The van der Waals surface area contributed by atoms with Crippen molar-refractivity contribution in [1.82, 2.24) is 14.2 Å². The third-order valence-electron chi connectivity index (χ3n) is 3.33. The Morgan fingerprint density at radius 2 is 1.95 bits per heavy atom. The summed E-state index contributed by atoms with van der Waals surface area (Å²) >= 11 is 0. The van der Waals surface area contributed by atoms with Crippen LogP contribution in [-0.2, 0) is 6.54 Å². The molecule has 1 aromatic carbocycles. The molecule has 106 valence electrons. The lowest BCUT2D eigenvalue weighted by Crippen LogP contribution is -2.23. The zero-order valence-electron chi connectivity index (χ0n) is 11.4. The van der Waals surface area contributed by atoms with Crippen molar-refractivity contribution in [2.75, 3.05) is 0 Å². The highest BCUT2D eigenvalue weighted by Crippen LogP contribution is 2.19. The average molecular weight is 283 g/mol. The number of aromatic carboxylic acids is 1. The van der Waals surface area contributed by atoms with Gasteiger partial charge < -0.3 is 9.67 Å². The van der Waals surface area contributed by atoms with Gasteiger partial charge in [-0.25, -0.2) is 4.79 Å². The normalized spacial score (nSPS) is 10.9. The van der Waals surface area contributed by atoms with Crippen molar-refractivity contribution in [3.8, 4) is 11.3 Å². The highest BCUT2D eigenvalue weighted by Gasteiger charge is 2.16. The molecule has 0 fully saturated rings. The second kappa shape index (κ2) is 4.90. The molecule has 2 aromatic heterocycles. The van der Waals surface area contributed by atoms with E-state index in [0.29, 0.717) is 17.9 Å². The van der Waals surface area contributed by atoms with Crippen LogP contribution < -0.4 is 5.56 Å². The molecule has 0 saturated heterocycles. The first-order valence-electron chi connectivity index (χ1n) is 6.54. The summed E-state index contributed by atoms with van der Waals surface area (Å²) in [6.45, 7) is 2.26. The number of carboxylic acids is 1. The number of benzene rings is 1. The molecular formula is C15H13N3O3. The predicted octanol–water partition coefficient (Wildman–Crippen LogP) is 1.88. The summed E-state index contributed by atoms with van der Waals surface area (Å²) in [5.74, 6) is -1.13. The highest BCUT2D eigenvalue weighted by atomic mass is 16.4. The molecule has 0 aliphatic heterocycles. The molecule has 0 aliphatic rings. The Kier molecular flexibility index (Phi) is 3.06. The van der Waals surface area contributed by atoms with Crippen molar-refractivity contribution in [3.05, 3.63) is 58.5 Å². The van der Waals surface area contributed by atoms with Crippen LogP contribution in [0.1, 0.15) is 17.4 Å². The molecule has 21 heavy (non-hydrogen) atoms. The molecule has 6 nitrogen and oxygen atoms in total. The minimum Gasteiger partial charge on any atom is -0.477 e. The molecule has 0 bridgehead atoms. The maximum atomic E-state index is 12.0. The van der Waals surface area contributed by atoms with Crippen LogP contribution in [0.15, 0.2) is 47.3 Å². The van der Waals surface area contributed by atoms with E-state index in [-0.39, 0.29) is 5.69 Å². The summed E-state index contributed by atoms with van der Waals surface area (Å²) in [6, 6.07) is 12.3. The second-order valence-electron chi connectivity index (χ2n) is 4.58. The number of rotatable bonds is 3. The third-order valence-corrected chi connectivity index (χ3v) is 3.33. The van der Waals surface area contributed by atoms with Gasteiger partial charge in [0.2, 0.25) is 0 Å². The molecular weight excluding hydrogens is 270 g/mol. The van der Waals surface area contributed by atoms with Gasteiger partial charge in [0.15, 0.2) is 0 Å². The van der Waals surface area contributed by atoms with E-state index in [1.165, 1.54) is 4.52 Å². The Morgan fingerprint density at radius 3 is 2.57 bits per heavy atom. The number of hydrogen-bond donors (Lipinski definition) is 1. The van der Waals surface area contributed by atoms with Gasteiger partial charge in [-0.15, -0.1) is 0 Å². The zero-order valence-corrected chi connectivity index (χ0v) is 11.4. The molecule has 0 spiro atoms. The Hall–Kier alpha value is -2.89. The lowest BCUT2D eigenvalue weighted by Gasteiger charge is -2.09. The van der Waals surface area contributed by atoms with E-state index in [2.05, 4.69) is 5.10 Å². The first kappa shape index (κ1) is 13.1. The maximum absolute atomic E-state index is 12.0. The van der Waals surface area contributed by atoms with E-state index in [1.807, 2.05) is 37.3 Å². The van der Waals surface area contributed by atoms with Crippen molar-refractivity contribution in [2.24, 2.45) is 0 Å². The lowest BCUT2D eigenvalue weighted by molar-refractivity contribution is 0.0684. The highest BCUT2D eigenvalue weighted by molar-refractivity contribution is 5.86. The van der Waals surface area contributed by atoms with Gasteiger partial charge in [0, 0.05) is 24.2 Å². The Labute approximate surface area is 119 Å². The Balaban J connectivity index is 2.33. The van der Waals surface area contributed by atoms with Crippen molar-refractivity contribution in [3.63, 3.8) is 0 Å². The third kappa shape index (κ3) is 2.10. The molecule has 0 unspecified atom stereocenters. The molecule has 0 amide bonds. The second-order valence-corrected chi connectivity index (χ2v) is 4.58. The van der Waals surface area contributed by atoms with Crippen molar-refractivity contribution in [2.45, 2.75) is 13.5 Å². The van der Waals surface area contributed by atoms with E-state index in [1.54, 1.807) is 10.6 Å².